The van der Waals surface area contributed by atoms with Gasteiger partial charge in [-0.1, -0.05) is 12.1 Å². The molecular formula is C12H16N2O3. The van der Waals surface area contributed by atoms with Crippen molar-refractivity contribution in [3.8, 4) is 0 Å². The van der Waals surface area contributed by atoms with E-state index in [9.17, 15) is 9.59 Å². The molecule has 5 heteroatoms. The fourth-order valence-electron chi connectivity index (χ4n) is 1.32. The average Bonchev–Trinajstić information content (AvgIpc) is 2.36. The fourth-order valence-corrected chi connectivity index (χ4v) is 1.32. The topological polar surface area (TPSA) is 81.4 Å². The van der Waals surface area contributed by atoms with Crippen LogP contribution in [-0.2, 0) is 16.0 Å². The molecule has 5 nitrogen and oxygen atoms in total. The first-order valence-corrected chi connectivity index (χ1v) is 5.31. The number of hydrogen-bond acceptors (Lipinski definition) is 4. The lowest BCUT2D eigenvalue weighted by Gasteiger charge is -2.04. The summed E-state index contributed by atoms with van der Waals surface area (Å²) in [6.07, 6.45) is 0.782. The van der Waals surface area contributed by atoms with Crippen LogP contribution < -0.4 is 11.1 Å². The van der Waals surface area contributed by atoms with Crippen LogP contribution in [-0.4, -0.2) is 32.1 Å². The summed E-state index contributed by atoms with van der Waals surface area (Å²) in [7, 11) is 1.27. The second-order valence-electron chi connectivity index (χ2n) is 3.49. The highest BCUT2D eigenvalue weighted by Crippen LogP contribution is 2.04. The van der Waals surface area contributed by atoms with Crippen molar-refractivity contribution in [2.75, 3.05) is 20.2 Å². The lowest BCUT2D eigenvalue weighted by atomic mass is 10.1. The highest BCUT2D eigenvalue weighted by Gasteiger charge is 2.07. The van der Waals surface area contributed by atoms with Crippen LogP contribution in [0.15, 0.2) is 24.3 Å². The minimum absolute atomic E-state index is 0.125. The highest BCUT2D eigenvalue weighted by atomic mass is 16.5. The Hall–Kier alpha value is -1.88. The van der Waals surface area contributed by atoms with Crippen LogP contribution in [0.2, 0.25) is 0 Å². The van der Waals surface area contributed by atoms with E-state index in [2.05, 4.69) is 10.1 Å². The molecule has 0 radical (unpaired) electrons. The van der Waals surface area contributed by atoms with Crippen LogP contribution in [0, 0.1) is 0 Å². The van der Waals surface area contributed by atoms with E-state index in [0.29, 0.717) is 12.1 Å². The molecule has 0 aliphatic carbocycles. The zero-order valence-electron chi connectivity index (χ0n) is 9.73. The Kier molecular flexibility index (Phi) is 5.16. The number of carbonyl (C=O) groups excluding carboxylic acids is 2. The maximum atomic E-state index is 11.6. The van der Waals surface area contributed by atoms with Crippen molar-refractivity contribution in [3.05, 3.63) is 35.4 Å². The van der Waals surface area contributed by atoms with E-state index < -0.39 is 5.97 Å². The van der Waals surface area contributed by atoms with Crippen LogP contribution in [0.3, 0.4) is 0 Å². The molecule has 1 aromatic carbocycles. The van der Waals surface area contributed by atoms with Crippen molar-refractivity contribution >= 4 is 11.9 Å². The van der Waals surface area contributed by atoms with Crippen LogP contribution in [0.4, 0.5) is 0 Å². The molecule has 0 saturated carbocycles. The summed E-state index contributed by atoms with van der Waals surface area (Å²) in [5, 5.41) is 2.46. The number of ether oxygens (including phenoxy) is 1. The number of amides is 1. The van der Waals surface area contributed by atoms with E-state index >= 15 is 0 Å². The van der Waals surface area contributed by atoms with E-state index in [1.54, 1.807) is 12.1 Å². The molecule has 1 aromatic rings. The first-order chi connectivity index (χ1) is 8.17. The van der Waals surface area contributed by atoms with Gasteiger partial charge in [-0.05, 0) is 30.7 Å². The number of nitrogens with one attached hydrogen (secondary N) is 1. The number of methoxy groups -OCH3 is 1. The molecule has 0 aliphatic heterocycles. The Labute approximate surface area is 99.9 Å². The van der Waals surface area contributed by atoms with Crippen molar-refractivity contribution in [3.63, 3.8) is 0 Å². The quantitative estimate of drug-likeness (QED) is 0.710. The van der Waals surface area contributed by atoms with E-state index in [-0.39, 0.29) is 12.5 Å². The summed E-state index contributed by atoms with van der Waals surface area (Å²) in [4.78, 5) is 22.4. The minimum atomic E-state index is -0.474. The second-order valence-corrected chi connectivity index (χ2v) is 3.49. The van der Waals surface area contributed by atoms with Gasteiger partial charge in [0.1, 0.15) is 6.54 Å². The first kappa shape index (κ1) is 13.2. The summed E-state index contributed by atoms with van der Waals surface area (Å²) in [5.74, 6) is -0.771. The summed E-state index contributed by atoms with van der Waals surface area (Å²) in [5.41, 5.74) is 7.01. The second kappa shape index (κ2) is 6.65. The van der Waals surface area contributed by atoms with Gasteiger partial charge in [0, 0.05) is 5.56 Å². The van der Waals surface area contributed by atoms with Gasteiger partial charge in [-0.25, -0.2) is 0 Å². The molecule has 0 spiro atoms. The summed E-state index contributed by atoms with van der Waals surface area (Å²) >= 11 is 0. The average molecular weight is 236 g/mol. The Morgan fingerprint density at radius 2 is 1.94 bits per heavy atom. The molecule has 1 amide bonds. The van der Waals surface area contributed by atoms with E-state index in [0.717, 1.165) is 12.0 Å². The first-order valence-electron chi connectivity index (χ1n) is 5.31. The van der Waals surface area contributed by atoms with Gasteiger partial charge >= 0.3 is 5.97 Å². The van der Waals surface area contributed by atoms with E-state index in [1.807, 2.05) is 12.1 Å². The van der Waals surface area contributed by atoms with Gasteiger partial charge in [-0.2, -0.15) is 0 Å². The summed E-state index contributed by atoms with van der Waals surface area (Å²) in [6.45, 7) is 0.452. The molecule has 0 bridgehead atoms. The van der Waals surface area contributed by atoms with Gasteiger partial charge in [-0.15, -0.1) is 0 Å². The normalized spacial score (nSPS) is 9.76. The largest absolute Gasteiger partial charge is 0.468 e. The van der Waals surface area contributed by atoms with Crippen molar-refractivity contribution in [2.45, 2.75) is 6.42 Å². The van der Waals surface area contributed by atoms with Gasteiger partial charge in [0.25, 0.3) is 5.91 Å². The van der Waals surface area contributed by atoms with E-state index in [4.69, 9.17) is 5.73 Å². The third-order valence-electron chi connectivity index (χ3n) is 2.27. The zero-order chi connectivity index (χ0) is 12.7. The molecule has 3 N–H and O–H groups in total. The zero-order valence-corrected chi connectivity index (χ0v) is 9.73. The molecule has 0 heterocycles. The molecule has 1 rings (SSSR count). The lowest BCUT2D eigenvalue weighted by Crippen LogP contribution is -2.30. The Balaban J connectivity index is 2.54. The number of benzene rings is 1. The number of hydrogen-bond donors (Lipinski definition) is 2. The summed E-state index contributed by atoms with van der Waals surface area (Å²) < 4.78 is 4.42. The Morgan fingerprint density at radius 3 is 2.47 bits per heavy atom. The van der Waals surface area contributed by atoms with Crippen molar-refractivity contribution in [2.24, 2.45) is 5.73 Å². The molecule has 17 heavy (non-hydrogen) atoms. The third kappa shape index (κ3) is 4.24. The predicted molar refractivity (Wildman–Crippen MR) is 63.5 cm³/mol. The van der Waals surface area contributed by atoms with E-state index in [1.165, 1.54) is 7.11 Å². The molecule has 0 aromatic heterocycles. The van der Waals surface area contributed by atoms with Crippen LogP contribution >= 0.6 is 0 Å². The van der Waals surface area contributed by atoms with Crippen LogP contribution in [0.25, 0.3) is 0 Å². The monoisotopic (exact) mass is 236 g/mol. The molecule has 0 atom stereocenters. The minimum Gasteiger partial charge on any atom is -0.468 e. The number of carbonyl (C=O) groups is 2. The highest BCUT2D eigenvalue weighted by molar-refractivity contribution is 5.95. The molecule has 0 aliphatic rings. The van der Waals surface area contributed by atoms with Gasteiger partial charge < -0.3 is 15.8 Å². The SMILES string of the molecule is COC(=O)CNC(=O)c1ccc(CCN)cc1. The standard InChI is InChI=1S/C12H16N2O3/c1-17-11(15)8-14-12(16)10-4-2-9(3-5-10)6-7-13/h2-5H,6-8,13H2,1H3,(H,14,16). The summed E-state index contributed by atoms with van der Waals surface area (Å²) in [6, 6.07) is 7.11. The molecule has 0 unspecified atom stereocenters. The van der Waals surface area contributed by atoms with Crippen LogP contribution in [0.5, 0.6) is 0 Å². The van der Waals surface area contributed by atoms with Gasteiger partial charge in [0.05, 0.1) is 7.11 Å². The maximum Gasteiger partial charge on any atom is 0.325 e. The maximum absolute atomic E-state index is 11.6. The fraction of sp³-hybridized carbons (Fsp3) is 0.333. The van der Waals surface area contributed by atoms with Crippen molar-refractivity contribution < 1.29 is 14.3 Å². The lowest BCUT2D eigenvalue weighted by molar-refractivity contribution is -0.139. The molecular weight excluding hydrogens is 220 g/mol. The molecule has 0 saturated heterocycles. The van der Waals surface area contributed by atoms with Gasteiger partial charge in [-0.3, -0.25) is 9.59 Å². The van der Waals surface area contributed by atoms with Gasteiger partial charge in [0.2, 0.25) is 0 Å². The predicted octanol–water partition coefficient (Wildman–Crippen LogP) is 0.0906. The number of esters is 1. The number of nitrogens with two attached hydrogens (primary N) is 1. The Bertz CT molecular complexity index is 387. The van der Waals surface area contributed by atoms with Crippen molar-refractivity contribution in [1.29, 1.82) is 0 Å². The van der Waals surface area contributed by atoms with Crippen LogP contribution in [0.1, 0.15) is 15.9 Å². The Morgan fingerprint density at radius 1 is 1.29 bits per heavy atom. The molecule has 0 fully saturated rings. The van der Waals surface area contributed by atoms with Gasteiger partial charge in [0.15, 0.2) is 0 Å². The molecule has 92 valence electrons. The smallest absolute Gasteiger partial charge is 0.325 e. The number of rotatable bonds is 5. The third-order valence-corrected chi connectivity index (χ3v) is 2.27. The van der Waals surface area contributed by atoms with Crippen molar-refractivity contribution in [1.82, 2.24) is 5.32 Å².